The molecule has 0 amide bonds. The van der Waals surface area contributed by atoms with Gasteiger partial charge in [-0.2, -0.15) is 5.26 Å². The van der Waals surface area contributed by atoms with Crippen LogP contribution in [0.1, 0.15) is 43.0 Å². The minimum Gasteiger partial charge on any atom is -0.368 e. The Balaban J connectivity index is 1.49. The van der Waals surface area contributed by atoms with Crippen molar-refractivity contribution in [1.29, 1.82) is 5.26 Å². The van der Waals surface area contributed by atoms with Gasteiger partial charge in [-0.15, -0.1) is 0 Å². The molecule has 0 spiro atoms. The van der Waals surface area contributed by atoms with Crippen molar-refractivity contribution in [2.24, 2.45) is 0 Å². The topological polar surface area (TPSA) is 64.8 Å². The maximum Gasteiger partial charge on any atom is 0.133 e. The average molecular weight is 398 g/mol. The molecule has 1 aliphatic carbocycles. The Kier molecular flexibility index (Phi) is 4.58. The van der Waals surface area contributed by atoms with Crippen LogP contribution in [0.5, 0.6) is 0 Å². The van der Waals surface area contributed by atoms with Gasteiger partial charge < -0.3 is 10.2 Å². The van der Waals surface area contributed by atoms with E-state index in [1.165, 1.54) is 12.8 Å². The lowest BCUT2D eigenvalue weighted by molar-refractivity contribution is 0.528. The normalized spacial score (nSPS) is 20.2. The van der Waals surface area contributed by atoms with Crippen LogP contribution in [-0.4, -0.2) is 29.1 Å². The number of benzene rings is 1. The van der Waals surface area contributed by atoms with Gasteiger partial charge in [0, 0.05) is 35.7 Å². The summed E-state index contributed by atoms with van der Waals surface area (Å²) >= 11 is 3.52. The molecule has 4 rings (SSSR count). The van der Waals surface area contributed by atoms with Gasteiger partial charge in [-0.25, -0.2) is 9.97 Å². The Bertz CT molecular complexity index is 812. The molecular weight excluding hydrogens is 378 g/mol. The number of nitrogens with one attached hydrogen (secondary N) is 1. The van der Waals surface area contributed by atoms with E-state index in [4.69, 9.17) is 0 Å². The highest BCUT2D eigenvalue weighted by Crippen LogP contribution is 2.38. The quantitative estimate of drug-likeness (QED) is 0.841. The first-order valence-electron chi connectivity index (χ1n) is 8.77. The fourth-order valence-electron chi connectivity index (χ4n) is 3.38. The molecule has 2 aromatic rings. The molecule has 0 bridgehead atoms. The molecule has 5 nitrogen and oxygen atoms in total. The lowest BCUT2D eigenvalue weighted by atomic mass is 10.0. The van der Waals surface area contributed by atoms with Gasteiger partial charge in [-0.1, -0.05) is 15.9 Å². The molecule has 1 aromatic carbocycles. The summed E-state index contributed by atoms with van der Waals surface area (Å²) in [7, 11) is 0. The van der Waals surface area contributed by atoms with Crippen LogP contribution in [0.25, 0.3) is 0 Å². The van der Waals surface area contributed by atoms with Crippen molar-refractivity contribution >= 4 is 27.4 Å². The molecule has 1 unspecified atom stereocenters. The van der Waals surface area contributed by atoms with E-state index in [-0.39, 0.29) is 0 Å². The molecule has 0 radical (unpaired) electrons. The van der Waals surface area contributed by atoms with Crippen LogP contribution in [-0.2, 0) is 0 Å². The Morgan fingerprint density at radius 2 is 2.12 bits per heavy atom. The third-order valence-corrected chi connectivity index (χ3v) is 5.30. The van der Waals surface area contributed by atoms with E-state index in [1.807, 2.05) is 30.5 Å². The summed E-state index contributed by atoms with van der Waals surface area (Å²) in [4.78, 5) is 11.4. The summed E-state index contributed by atoms with van der Waals surface area (Å²) in [5, 5.41) is 13.0. The van der Waals surface area contributed by atoms with Crippen LogP contribution >= 0.6 is 15.9 Å². The number of aromatic nitrogens is 2. The third-order valence-electron chi connectivity index (χ3n) is 4.81. The number of halogens is 1. The lowest BCUT2D eigenvalue weighted by Crippen LogP contribution is -2.42. The lowest BCUT2D eigenvalue weighted by Gasteiger charge is -2.35. The van der Waals surface area contributed by atoms with Crippen LogP contribution < -0.4 is 10.2 Å². The van der Waals surface area contributed by atoms with E-state index < -0.39 is 0 Å². The van der Waals surface area contributed by atoms with Gasteiger partial charge in [-0.05, 0) is 49.9 Å². The highest BCUT2D eigenvalue weighted by Gasteiger charge is 2.27. The minimum absolute atomic E-state index is 0.321. The van der Waals surface area contributed by atoms with E-state index in [2.05, 4.69) is 42.2 Å². The maximum absolute atomic E-state index is 9.40. The van der Waals surface area contributed by atoms with Crippen LogP contribution in [0.4, 0.5) is 11.5 Å². The molecule has 1 aromatic heterocycles. The summed E-state index contributed by atoms with van der Waals surface area (Å²) in [5.41, 5.74) is 1.73. The van der Waals surface area contributed by atoms with Gasteiger partial charge >= 0.3 is 0 Å². The van der Waals surface area contributed by atoms with Crippen molar-refractivity contribution in [1.82, 2.24) is 9.97 Å². The first-order chi connectivity index (χ1) is 12.2. The smallest absolute Gasteiger partial charge is 0.133 e. The van der Waals surface area contributed by atoms with Crippen molar-refractivity contribution in [2.75, 3.05) is 23.3 Å². The highest BCUT2D eigenvalue weighted by molar-refractivity contribution is 9.10. The monoisotopic (exact) mass is 397 g/mol. The van der Waals surface area contributed by atoms with E-state index in [0.29, 0.717) is 12.0 Å². The standard InChI is InChI=1S/C19H20BrN5/c20-15-6-5-14(11-21)17(10-15)25-9-1-2-16(12-25)23-18-7-8-22-19(24-18)13-3-4-13/h5-8,10,13,16H,1-4,9,12H2,(H,22,23,24). The molecule has 1 atom stereocenters. The molecule has 1 saturated heterocycles. The van der Waals surface area contributed by atoms with Crippen LogP contribution in [0.3, 0.4) is 0 Å². The van der Waals surface area contributed by atoms with E-state index in [1.54, 1.807) is 0 Å². The third kappa shape index (κ3) is 3.77. The second-order valence-corrected chi connectivity index (χ2v) is 7.69. The largest absolute Gasteiger partial charge is 0.368 e. The Morgan fingerprint density at radius 3 is 2.92 bits per heavy atom. The van der Waals surface area contributed by atoms with Crippen LogP contribution in [0, 0.1) is 11.3 Å². The van der Waals surface area contributed by atoms with Crippen molar-refractivity contribution in [3.05, 3.63) is 46.3 Å². The molecule has 25 heavy (non-hydrogen) atoms. The number of anilines is 2. The summed E-state index contributed by atoms with van der Waals surface area (Å²) < 4.78 is 1.00. The Morgan fingerprint density at radius 1 is 1.24 bits per heavy atom. The molecule has 2 fully saturated rings. The number of hydrogen-bond acceptors (Lipinski definition) is 5. The minimum atomic E-state index is 0.321. The first-order valence-corrected chi connectivity index (χ1v) is 9.56. The second kappa shape index (κ2) is 7.01. The van der Waals surface area contributed by atoms with E-state index >= 15 is 0 Å². The van der Waals surface area contributed by atoms with Crippen molar-refractivity contribution < 1.29 is 0 Å². The summed E-state index contributed by atoms with van der Waals surface area (Å²) in [6.45, 7) is 1.84. The van der Waals surface area contributed by atoms with Crippen molar-refractivity contribution in [3.8, 4) is 6.07 Å². The molecule has 6 heteroatoms. The van der Waals surface area contributed by atoms with Gasteiger partial charge in [0.1, 0.15) is 17.7 Å². The van der Waals surface area contributed by atoms with Crippen LogP contribution in [0.2, 0.25) is 0 Å². The summed E-state index contributed by atoms with van der Waals surface area (Å²) in [5.74, 6) is 2.44. The summed E-state index contributed by atoms with van der Waals surface area (Å²) in [6.07, 6.45) is 6.47. The zero-order chi connectivity index (χ0) is 17.2. The van der Waals surface area contributed by atoms with Gasteiger partial charge in [0.2, 0.25) is 0 Å². The zero-order valence-electron chi connectivity index (χ0n) is 14.0. The Hall–Kier alpha value is -2.13. The number of hydrogen-bond donors (Lipinski definition) is 1. The Labute approximate surface area is 156 Å². The molecule has 2 heterocycles. The highest BCUT2D eigenvalue weighted by atomic mass is 79.9. The average Bonchev–Trinajstić information content (AvgIpc) is 3.47. The molecule has 2 aliphatic rings. The van der Waals surface area contributed by atoms with Gasteiger partial charge in [0.05, 0.1) is 11.3 Å². The second-order valence-electron chi connectivity index (χ2n) is 6.78. The predicted molar refractivity (Wildman–Crippen MR) is 102 cm³/mol. The van der Waals surface area contributed by atoms with Gasteiger partial charge in [0.25, 0.3) is 0 Å². The van der Waals surface area contributed by atoms with Crippen molar-refractivity contribution in [3.63, 3.8) is 0 Å². The molecular formula is C19H20BrN5. The fourth-order valence-corrected chi connectivity index (χ4v) is 3.73. The zero-order valence-corrected chi connectivity index (χ0v) is 15.5. The molecule has 1 N–H and O–H groups in total. The SMILES string of the molecule is N#Cc1ccc(Br)cc1N1CCCC(Nc2ccnc(C3CC3)n2)C1. The number of rotatable bonds is 4. The molecule has 128 valence electrons. The molecule has 1 aliphatic heterocycles. The molecule has 1 saturated carbocycles. The van der Waals surface area contributed by atoms with Gasteiger partial charge in [0.15, 0.2) is 0 Å². The van der Waals surface area contributed by atoms with Gasteiger partial charge in [-0.3, -0.25) is 0 Å². The number of piperidine rings is 1. The first kappa shape index (κ1) is 16.3. The van der Waals surface area contributed by atoms with Crippen molar-refractivity contribution in [2.45, 2.75) is 37.6 Å². The predicted octanol–water partition coefficient (Wildman–Crippen LogP) is 4.07. The maximum atomic E-state index is 9.40. The van der Waals surface area contributed by atoms with E-state index in [9.17, 15) is 5.26 Å². The van der Waals surface area contributed by atoms with E-state index in [0.717, 1.165) is 53.3 Å². The number of nitrogens with zero attached hydrogens (tertiary/aromatic N) is 4. The summed E-state index contributed by atoms with van der Waals surface area (Å²) in [6, 6.07) is 10.4. The van der Waals surface area contributed by atoms with Crippen LogP contribution in [0.15, 0.2) is 34.9 Å². The fraction of sp³-hybridized carbons (Fsp3) is 0.421. The number of nitriles is 1.